The number of nitrogens with zero attached hydrogens (tertiary/aromatic N) is 4. The molecule has 0 spiro atoms. The molecule has 1 N–H and O–H groups in total. The van der Waals surface area contributed by atoms with Crippen LogP contribution in [0.5, 0.6) is 0 Å². The highest BCUT2D eigenvalue weighted by atomic mass is 16.2. The van der Waals surface area contributed by atoms with Gasteiger partial charge in [0.05, 0.1) is 6.42 Å². The molecule has 33 heavy (non-hydrogen) atoms. The van der Waals surface area contributed by atoms with E-state index < -0.39 is 6.04 Å². The van der Waals surface area contributed by atoms with Gasteiger partial charge in [-0.3, -0.25) is 14.7 Å². The monoisotopic (exact) mass is 445 g/mol. The molecular weight excluding hydrogens is 414 g/mol. The number of H-pyrrole nitrogens is 1. The van der Waals surface area contributed by atoms with Gasteiger partial charge in [-0.2, -0.15) is 5.10 Å². The molecule has 1 saturated heterocycles. The first-order valence-electron chi connectivity index (χ1n) is 11.4. The summed E-state index contributed by atoms with van der Waals surface area (Å²) in [6.45, 7) is 7.15. The maximum Gasteiger partial charge on any atom is 0.245 e. The van der Waals surface area contributed by atoms with Crippen molar-refractivity contribution in [3.63, 3.8) is 0 Å². The van der Waals surface area contributed by atoms with E-state index in [1.165, 1.54) is 11.1 Å². The number of likely N-dealkylation sites (N-methyl/N-ethyl adjacent to an activating group) is 1. The van der Waals surface area contributed by atoms with Gasteiger partial charge in [0.15, 0.2) is 5.82 Å². The molecule has 2 amide bonds. The number of amides is 2. The molecule has 172 valence electrons. The van der Waals surface area contributed by atoms with Gasteiger partial charge < -0.3 is 9.80 Å². The van der Waals surface area contributed by atoms with Crippen LogP contribution in [0.2, 0.25) is 0 Å². The minimum atomic E-state index is -0.532. The van der Waals surface area contributed by atoms with Crippen molar-refractivity contribution >= 4 is 11.8 Å². The lowest BCUT2D eigenvalue weighted by Crippen LogP contribution is -2.58. The van der Waals surface area contributed by atoms with E-state index in [4.69, 9.17) is 0 Å². The molecule has 0 aliphatic carbocycles. The van der Waals surface area contributed by atoms with Crippen molar-refractivity contribution in [1.29, 1.82) is 0 Å². The first-order chi connectivity index (χ1) is 15.8. The van der Waals surface area contributed by atoms with Gasteiger partial charge in [-0.25, -0.2) is 4.98 Å². The van der Waals surface area contributed by atoms with E-state index in [0.717, 1.165) is 11.1 Å². The molecule has 3 aromatic rings. The SMILES string of the molecule is Cc1ccccc1-c1cccc(C[C@@H]2C(=O)N(C)CCN2C(=O)Cc2nc(C(C)C)n[nH]2)c1. The van der Waals surface area contributed by atoms with Crippen molar-refractivity contribution in [2.75, 3.05) is 20.1 Å². The lowest BCUT2D eigenvalue weighted by molar-refractivity contribution is -0.149. The summed E-state index contributed by atoms with van der Waals surface area (Å²) in [5.74, 6) is 1.27. The van der Waals surface area contributed by atoms with E-state index in [9.17, 15) is 9.59 Å². The maximum absolute atomic E-state index is 13.2. The molecule has 2 heterocycles. The molecule has 1 aliphatic rings. The fourth-order valence-electron chi connectivity index (χ4n) is 4.29. The summed E-state index contributed by atoms with van der Waals surface area (Å²) >= 11 is 0. The summed E-state index contributed by atoms with van der Waals surface area (Å²) in [6.07, 6.45) is 0.582. The van der Waals surface area contributed by atoms with E-state index in [1.807, 2.05) is 38.1 Å². The van der Waals surface area contributed by atoms with E-state index >= 15 is 0 Å². The van der Waals surface area contributed by atoms with Crippen molar-refractivity contribution < 1.29 is 9.59 Å². The Bertz CT molecular complexity index is 1150. The number of hydrogen-bond acceptors (Lipinski definition) is 4. The van der Waals surface area contributed by atoms with Gasteiger partial charge in [-0.15, -0.1) is 0 Å². The zero-order chi connectivity index (χ0) is 23.5. The largest absolute Gasteiger partial charge is 0.342 e. The third kappa shape index (κ3) is 4.97. The zero-order valence-corrected chi connectivity index (χ0v) is 19.7. The van der Waals surface area contributed by atoms with Crippen LogP contribution in [0.1, 0.15) is 42.5 Å². The molecule has 7 nitrogen and oxygen atoms in total. The Hall–Kier alpha value is -3.48. The molecular formula is C26H31N5O2. The van der Waals surface area contributed by atoms with Crippen molar-refractivity contribution in [2.45, 2.75) is 45.6 Å². The number of hydrogen-bond donors (Lipinski definition) is 1. The Morgan fingerprint density at radius 3 is 2.67 bits per heavy atom. The number of benzene rings is 2. The Balaban J connectivity index is 1.56. The number of rotatable bonds is 6. The topological polar surface area (TPSA) is 82.2 Å². The zero-order valence-electron chi connectivity index (χ0n) is 19.7. The summed E-state index contributed by atoms with van der Waals surface area (Å²) in [4.78, 5) is 34.1. The molecule has 1 aromatic heterocycles. The van der Waals surface area contributed by atoms with Crippen LogP contribution in [-0.4, -0.2) is 63.0 Å². The smallest absolute Gasteiger partial charge is 0.245 e. The molecule has 4 rings (SSSR count). The van der Waals surface area contributed by atoms with Crippen LogP contribution >= 0.6 is 0 Å². The highest BCUT2D eigenvalue weighted by Crippen LogP contribution is 2.25. The molecule has 0 radical (unpaired) electrons. The molecule has 1 atom stereocenters. The number of aromatic nitrogens is 3. The predicted molar refractivity (Wildman–Crippen MR) is 128 cm³/mol. The molecule has 7 heteroatoms. The Kier molecular flexibility index (Phi) is 6.58. The first-order valence-corrected chi connectivity index (χ1v) is 11.4. The van der Waals surface area contributed by atoms with Gasteiger partial charge in [0.2, 0.25) is 11.8 Å². The number of aromatic amines is 1. The van der Waals surface area contributed by atoms with Crippen LogP contribution in [0.3, 0.4) is 0 Å². The van der Waals surface area contributed by atoms with Crippen molar-refractivity contribution in [3.05, 3.63) is 71.3 Å². The number of carbonyl (C=O) groups excluding carboxylic acids is 2. The average molecular weight is 446 g/mol. The van der Waals surface area contributed by atoms with Gasteiger partial charge in [0.1, 0.15) is 11.9 Å². The van der Waals surface area contributed by atoms with Crippen LogP contribution in [0, 0.1) is 6.92 Å². The second-order valence-corrected chi connectivity index (χ2v) is 9.05. The highest BCUT2D eigenvalue weighted by Gasteiger charge is 2.36. The fourth-order valence-corrected chi connectivity index (χ4v) is 4.29. The summed E-state index contributed by atoms with van der Waals surface area (Å²) in [6, 6.07) is 16.0. The minimum Gasteiger partial charge on any atom is -0.342 e. The van der Waals surface area contributed by atoms with Gasteiger partial charge in [-0.1, -0.05) is 62.4 Å². The van der Waals surface area contributed by atoms with Gasteiger partial charge in [0, 0.05) is 32.5 Å². The Labute approximate surface area is 194 Å². The van der Waals surface area contributed by atoms with E-state index in [1.54, 1.807) is 16.8 Å². The average Bonchev–Trinajstić information content (AvgIpc) is 3.26. The Morgan fingerprint density at radius 1 is 1.15 bits per heavy atom. The molecule has 2 aromatic carbocycles. The minimum absolute atomic E-state index is 0.0312. The van der Waals surface area contributed by atoms with Crippen molar-refractivity contribution in [2.24, 2.45) is 0 Å². The predicted octanol–water partition coefficient (Wildman–Crippen LogP) is 3.36. The van der Waals surface area contributed by atoms with E-state index in [0.29, 0.717) is 31.2 Å². The second kappa shape index (κ2) is 9.57. The number of nitrogens with one attached hydrogen (secondary N) is 1. The van der Waals surface area contributed by atoms with Crippen molar-refractivity contribution in [3.8, 4) is 11.1 Å². The van der Waals surface area contributed by atoms with Crippen LogP contribution in [0.25, 0.3) is 11.1 Å². The van der Waals surface area contributed by atoms with Gasteiger partial charge in [-0.05, 0) is 29.2 Å². The summed E-state index contributed by atoms with van der Waals surface area (Å²) in [5, 5.41) is 7.06. The standard InChI is InChI=1S/C26H31N5O2/c1-17(2)25-27-23(28-29-25)16-24(32)31-13-12-30(4)26(33)22(31)15-19-9-7-10-20(14-19)21-11-6-5-8-18(21)3/h5-11,14,17,22H,12-13,15-16H2,1-4H3,(H,27,28,29)/t22-/m1/s1. The molecule has 0 unspecified atom stereocenters. The van der Waals surface area contributed by atoms with Crippen LogP contribution in [0.4, 0.5) is 0 Å². The number of carbonyl (C=O) groups is 2. The quantitative estimate of drug-likeness (QED) is 0.631. The molecule has 0 bridgehead atoms. The molecule has 1 fully saturated rings. The van der Waals surface area contributed by atoms with E-state index in [2.05, 4.69) is 46.4 Å². The Morgan fingerprint density at radius 2 is 1.94 bits per heavy atom. The lowest BCUT2D eigenvalue weighted by Gasteiger charge is -2.39. The lowest BCUT2D eigenvalue weighted by atomic mass is 9.95. The highest BCUT2D eigenvalue weighted by molar-refractivity contribution is 5.89. The summed E-state index contributed by atoms with van der Waals surface area (Å²) < 4.78 is 0. The number of piperazine rings is 1. The number of aryl methyl sites for hydroxylation is 1. The van der Waals surface area contributed by atoms with E-state index in [-0.39, 0.29) is 24.2 Å². The van der Waals surface area contributed by atoms with Crippen LogP contribution < -0.4 is 0 Å². The first kappa shape index (κ1) is 22.7. The van der Waals surface area contributed by atoms with Crippen LogP contribution in [-0.2, 0) is 22.4 Å². The van der Waals surface area contributed by atoms with Gasteiger partial charge >= 0.3 is 0 Å². The molecule has 0 saturated carbocycles. The normalized spacial score (nSPS) is 16.5. The second-order valence-electron chi connectivity index (χ2n) is 9.05. The third-order valence-corrected chi connectivity index (χ3v) is 6.23. The van der Waals surface area contributed by atoms with Gasteiger partial charge in [0.25, 0.3) is 0 Å². The summed E-state index contributed by atoms with van der Waals surface area (Å²) in [7, 11) is 1.80. The van der Waals surface area contributed by atoms with Crippen LogP contribution in [0.15, 0.2) is 48.5 Å². The molecule has 1 aliphatic heterocycles. The summed E-state index contributed by atoms with van der Waals surface area (Å²) in [5.41, 5.74) is 4.52. The fraction of sp³-hybridized carbons (Fsp3) is 0.385. The maximum atomic E-state index is 13.2. The third-order valence-electron chi connectivity index (χ3n) is 6.23. The van der Waals surface area contributed by atoms with Crippen molar-refractivity contribution in [1.82, 2.24) is 25.0 Å².